The quantitative estimate of drug-likeness (QED) is 0.768. The van der Waals surface area contributed by atoms with Crippen LogP contribution in [0, 0.1) is 5.41 Å². The standard InChI is InChI=1S/C13H26N4O.3ClH/c1-13(3-4-14-11-13)12(18)15-5-6-17-9-7-16(2)8-10-17;;;/h14H,3-11H2,1-2H3,(H,15,18);3*1H. The van der Waals surface area contributed by atoms with Gasteiger partial charge in [0.1, 0.15) is 0 Å². The fraction of sp³-hybridized carbons (Fsp3) is 0.923. The molecule has 21 heavy (non-hydrogen) atoms. The lowest BCUT2D eigenvalue weighted by Gasteiger charge is -2.32. The second-order valence-electron chi connectivity index (χ2n) is 5.89. The summed E-state index contributed by atoms with van der Waals surface area (Å²) in [5.41, 5.74) is -0.192. The van der Waals surface area contributed by atoms with Gasteiger partial charge in [0.15, 0.2) is 0 Å². The van der Waals surface area contributed by atoms with Gasteiger partial charge in [-0.25, -0.2) is 0 Å². The highest BCUT2D eigenvalue weighted by Gasteiger charge is 2.35. The monoisotopic (exact) mass is 362 g/mol. The van der Waals surface area contributed by atoms with E-state index in [0.717, 1.165) is 58.8 Å². The minimum Gasteiger partial charge on any atom is -0.354 e. The number of piperazine rings is 1. The number of rotatable bonds is 4. The molecule has 1 amide bonds. The molecule has 0 saturated carbocycles. The van der Waals surface area contributed by atoms with Crippen LogP contribution < -0.4 is 10.6 Å². The molecule has 0 aromatic heterocycles. The van der Waals surface area contributed by atoms with Crippen LogP contribution in [0.4, 0.5) is 0 Å². The highest BCUT2D eigenvalue weighted by Crippen LogP contribution is 2.24. The molecule has 0 radical (unpaired) electrons. The first-order valence-electron chi connectivity index (χ1n) is 7.00. The molecule has 2 aliphatic rings. The van der Waals surface area contributed by atoms with E-state index in [-0.39, 0.29) is 48.5 Å². The Balaban J connectivity index is 0. The van der Waals surface area contributed by atoms with Crippen LogP contribution >= 0.6 is 37.2 Å². The Hall–Kier alpha value is 0.220. The minimum atomic E-state index is -0.192. The van der Waals surface area contributed by atoms with Crippen molar-refractivity contribution < 1.29 is 4.79 Å². The molecular formula is C13H29Cl3N4O. The lowest BCUT2D eigenvalue weighted by Crippen LogP contribution is -2.48. The van der Waals surface area contributed by atoms with Gasteiger partial charge in [-0.3, -0.25) is 9.69 Å². The van der Waals surface area contributed by atoms with Crippen molar-refractivity contribution in [2.45, 2.75) is 13.3 Å². The van der Waals surface area contributed by atoms with E-state index in [0.29, 0.717) is 0 Å². The van der Waals surface area contributed by atoms with Gasteiger partial charge in [0, 0.05) is 45.8 Å². The smallest absolute Gasteiger partial charge is 0.227 e. The molecule has 0 spiro atoms. The van der Waals surface area contributed by atoms with E-state index in [9.17, 15) is 4.79 Å². The van der Waals surface area contributed by atoms with Crippen molar-refractivity contribution in [3.05, 3.63) is 0 Å². The van der Waals surface area contributed by atoms with Crippen LogP contribution in [-0.2, 0) is 4.79 Å². The molecule has 1 atom stereocenters. The predicted octanol–water partition coefficient (Wildman–Crippen LogP) is 0.615. The summed E-state index contributed by atoms with van der Waals surface area (Å²) in [5.74, 6) is 0.210. The van der Waals surface area contributed by atoms with Gasteiger partial charge >= 0.3 is 0 Å². The van der Waals surface area contributed by atoms with Crippen LogP contribution in [0.15, 0.2) is 0 Å². The normalized spacial score (nSPS) is 26.2. The van der Waals surface area contributed by atoms with Gasteiger partial charge in [0.2, 0.25) is 5.91 Å². The Morgan fingerprint density at radius 3 is 2.33 bits per heavy atom. The van der Waals surface area contributed by atoms with E-state index < -0.39 is 0 Å². The highest BCUT2D eigenvalue weighted by molar-refractivity contribution is 5.86. The van der Waals surface area contributed by atoms with Gasteiger partial charge in [-0.05, 0) is 26.9 Å². The number of amides is 1. The Labute approximate surface area is 146 Å². The molecule has 2 rings (SSSR count). The molecule has 5 nitrogen and oxygen atoms in total. The molecule has 1 unspecified atom stereocenters. The molecule has 0 aliphatic carbocycles. The third-order valence-corrected chi connectivity index (χ3v) is 4.23. The summed E-state index contributed by atoms with van der Waals surface area (Å²) in [6.07, 6.45) is 0.952. The summed E-state index contributed by atoms with van der Waals surface area (Å²) >= 11 is 0. The molecule has 2 saturated heterocycles. The third-order valence-electron chi connectivity index (χ3n) is 4.23. The fourth-order valence-corrected chi connectivity index (χ4v) is 2.62. The lowest BCUT2D eigenvalue weighted by atomic mass is 9.89. The van der Waals surface area contributed by atoms with Gasteiger partial charge in [-0.1, -0.05) is 0 Å². The molecule has 128 valence electrons. The maximum absolute atomic E-state index is 12.1. The van der Waals surface area contributed by atoms with Gasteiger partial charge in [0.25, 0.3) is 0 Å². The number of nitrogens with one attached hydrogen (secondary N) is 2. The SMILES string of the molecule is CN1CCN(CCNC(=O)C2(C)CCNC2)CC1.Cl.Cl.Cl. The molecule has 8 heteroatoms. The number of carbonyl (C=O) groups excluding carboxylic acids is 1. The molecule has 2 N–H and O–H groups in total. The van der Waals surface area contributed by atoms with Crippen molar-refractivity contribution in [1.29, 1.82) is 0 Å². The summed E-state index contributed by atoms with van der Waals surface area (Å²) in [6.45, 7) is 10.1. The zero-order chi connectivity index (χ0) is 13.0. The number of nitrogens with zero attached hydrogens (tertiary/aromatic N) is 2. The van der Waals surface area contributed by atoms with Crippen LogP contribution in [-0.4, -0.2) is 75.1 Å². The first kappa shape index (κ1) is 23.5. The van der Waals surface area contributed by atoms with Crippen molar-refractivity contribution in [2.75, 3.05) is 59.4 Å². The molecule has 0 aromatic rings. The van der Waals surface area contributed by atoms with Crippen molar-refractivity contribution in [3.8, 4) is 0 Å². The van der Waals surface area contributed by atoms with Gasteiger partial charge < -0.3 is 15.5 Å². The molecule has 2 heterocycles. The fourth-order valence-electron chi connectivity index (χ4n) is 2.62. The third kappa shape index (κ3) is 6.89. The molecular weight excluding hydrogens is 335 g/mol. The lowest BCUT2D eigenvalue weighted by molar-refractivity contribution is -0.129. The summed E-state index contributed by atoms with van der Waals surface area (Å²) in [7, 11) is 2.16. The van der Waals surface area contributed by atoms with Crippen LogP contribution in [0.1, 0.15) is 13.3 Å². The van der Waals surface area contributed by atoms with Crippen LogP contribution in [0.3, 0.4) is 0 Å². The van der Waals surface area contributed by atoms with Crippen molar-refractivity contribution in [1.82, 2.24) is 20.4 Å². The topological polar surface area (TPSA) is 47.6 Å². The van der Waals surface area contributed by atoms with E-state index in [1.54, 1.807) is 0 Å². The Kier molecular flexibility index (Phi) is 12.2. The summed E-state index contributed by atoms with van der Waals surface area (Å²) in [6, 6.07) is 0. The van der Waals surface area contributed by atoms with Gasteiger partial charge in [-0.15, -0.1) is 37.2 Å². The number of likely N-dealkylation sites (N-methyl/N-ethyl adjacent to an activating group) is 1. The van der Waals surface area contributed by atoms with Crippen molar-refractivity contribution >= 4 is 43.1 Å². The molecule has 0 aromatic carbocycles. The average molecular weight is 364 g/mol. The van der Waals surface area contributed by atoms with E-state index in [1.807, 2.05) is 0 Å². The number of hydrogen-bond donors (Lipinski definition) is 2. The number of hydrogen-bond acceptors (Lipinski definition) is 4. The zero-order valence-corrected chi connectivity index (χ0v) is 15.3. The average Bonchev–Trinajstić information content (AvgIpc) is 2.80. The number of halogens is 3. The van der Waals surface area contributed by atoms with Crippen molar-refractivity contribution in [3.63, 3.8) is 0 Å². The van der Waals surface area contributed by atoms with E-state index in [4.69, 9.17) is 0 Å². The van der Waals surface area contributed by atoms with Gasteiger partial charge in [-0.2, -0.15) is 0 Å². The highest BCUT2D eigenvalue weighted by atomic mass is 35.5. The predicted molar refractivity (Wildman–Crippen MR) is 94.3 cm³/mol. The van der Waals surface area contributed by atoms with Crippen LogP contribution in [0.5, 0.6) is 0 Å². The molecule has 0 bridgehead atoms. The Morgan fingerprint density at radius 2 is 1.81 bits per heavy atom. The maximum atomic E-state index is 12.1. The van der Waals surface area contributed by atoms with Gasteiger partial charge in [0.05, 0.1) is 5.41 Å². The summed E-state index contributed by atoms with van der Waals surface area (Å²) < 4.78 is 0. The van der Waals surface area contributed by atoms with Crippen LogP contribution in [0.2, 0.25) is 0 Å². The summed E-state index contributed by atoms with van der Waals surface area (Å²) in [4.78, 5) is 16.9. The zero-order valence-electron chi connectivity index (χ0n) is 12.9. The largest absolute Gasteiger partial charge is 0.354 e. The molecule has 2 fully saturated rings. The Morgan fingerprint density at radius 1 is 1.19 bits per heavy atom. The van der Waals surface area contributed by atoms with E-state index in [2.05, 4.69) is 34.4 Å². The second-order valence-corrected chi connectivity index (χ2v) is 5.89. The first-order chi connectivity index (χ1) is 8.60. The first-order valence-corrected chi connectivity index (χ1v) is 7.00. The minimum absolute atomic E-state index is 0. The van der Waals surface area contributed by atoms with Crippen LogP contribution in [0.25, 0.3) is 0 Å². The van der Waals surface area contributed by atoms with E-state index in [1.165, 1.54) is 0 Å². The molecule has 2 aliphatic heterocycles. The maximum Gasteiger partial charge on any atom is 0.227 e. The van der Waals surface area contributed by atoms with Crippen molar-refractivity contribution in [2.24, 2.45) is 5.41 Å². The van der Waals surface area contributed by atoms with E-state index >= 15 is 0 Å². The number of carbonyl (C=O) groups is 1. The second kappa shape index (κ2) is 10.9. The summed E-state index contributed by atoms with van der Waals surface area (Å²) in [5, 5.41) is 6.35. The Bertz CT molecular complexity index is 293.